The Labute approximate surface area is 111 Å². The minimum absolute atomic E-state index is 0.170. The van der Waals surface area contributed by atoms with Gasteiger partial charge in [0.15, 0.2) is 5.78 Å². The Morgan fingerprint density at radius 2 is 2.00 bits per heavy atom. The summed E-state index contributed by atoms with van der Waals surface area (Å²) in [5.74, 6) is -0.697. The zero-order valence-electron chi connectivity index (χ0n) is 10.9. The van der Waals surface area contributed by atoms with Gasteiger partial charge in [-0.3, -0.25) is 4.79 Å². The van der Waals surface area contributed by atoms with E-state index in [9.17, 15) is 20.1 Å². The van der Waals surface area contributed by atoms with Crippen LogP contribution in [0.2, 0.25) is 0 Å². The van der Waals surface area contributed by atoms with E-state index in [-0.39, 0.29) is 12.4 Å². The predicted molar refractivity (Wildman–Crippen MR) is 67.6 cm³/mol. The van der Waals surface area contributed by atoms with Crippen molar-refractivity contribution < 1.29 is 25.2 Å². The molecule has 2 rings (SSSR count). The van der Waals surface area contributed by atoms with Gasteiger partial charge in [-0.05, 0) is 35.2 Å². The number of aliphatic hydroxyl groups excluding tert-OH is 4. The van der Waals surface area contributed by atoms with Crippen LogP contribution < -0.4 is 0 Å². The molecule has 5 heteroatoms. The number of benzene rings is 1. The van der Waals surface area contributed by atoms with Crippen LogP contribution in [0.5, 0.6) is 0 Å². The van der Waals surface area contributed by atoms with Crippen LogP contribution in [-0.4, -0.2) is 32.8 Å². The minimum atomic E-state index is -1.15. The molecule has 0 unspecified atom stereocenters. The van der Waals surface area contributed by atoms with Gasteiger partial charge in [0.05, 0.1) is 19.3 Å². The molecule has 0 saturated heterocycles. The van der Waals surface area contributed by atoms with E-state index in [0.717, 1.165) is 0 Å². The maximum Gasteiger partial charge on any atom is 0.169 e. The third kappa shape index (κ3) is 1.99. The van der Waals surface area contributed by atoms with E-state index in [1.54, 1.807) is 19.9 Å². The van der Waals surface area contributed by atoms with Crippen LogP contribution in [0.3, 0.4) is 0 Å². The molecule has 0 bridgehead atoms. The number of rotatable bonds is 3. The van der Waals surface area contributed by atoms with E-state index in [2.05, 4.69) is 0 Å². The summed E-state index contributed by atoms with van der Waals surface area (Å²) in [4.78, 5) is 12.1. The molecule has 5 nitrogen and oxygen atoms in total. The van der Waals surface area contributed by atoms with Gasteiger partial charge in [-0.2, -0.15) is 0 Å². The highest BCUT2D eigenvalue weighted by Crippen LogP contribution is 2.41. The first-order valence-corrected chi connectivity index (χ1v) is 6.22. The number of fused-ring (bicyclic) bond motifs is 1. The highest BCUT2D eigenvalue weighted by Gasteiger charge is 2.38. The monoisotopic (exact) mass is 266 g/mol. The molecule has 0 fully saturated rings. The van der Waals surface area contributed by atoms with Crippen LogP contribution in [0.25, 0.3) is 0 Å². The fourth-order valence-electron chi connectivity index (χ4n) is 2.82. The lowest BCUT2D eigenvalue weighted by molar-refractivity contribution is 0.0790. The van der Waals surface area contributed by atoms with Crippen molar-refractivity contribution in [1.82, 2.24) is 0 Å². The van der Waals surface area contributed by atoms with E-state index in [1.165, 1.54) is 0 Å². The summed E-state index contributed by atoms with van der Waals surface area (Å²) in [5, 5.41) is 38.3. The van der Waals surface area contributed by atoms with Crippen LogP contribution in [0, 0.1) is 12.8 Å². The molecule has 0 saturated carbocycles. The van der Waals surface area contributed by atoms with Crippen LogP contribution in [0.4, 0.5) is 0 Å². The van der Waals surface area contributed by atoms with Crippen molar-refractivity contribution in [3.63, 3.8) is 0 Å². The van der Waals surface area contributed by atoms with Crippen molar-refractivity contribution in [2.24, 2.45) is 5.92 Å². The van der Waals surface area contributed by atoms with Crippen molar-refractivity contribution in [3.05, 3.63) is 33.9 Å². The molecule has 1 aliphatic carbocycles. The molecular formula is C14H18O5. The van der Waals surface area contributed by atoms with Gasteiger partial charge in [0.1, 0.15) is 6.10 Å². The molecule has 0 spiro atoms. The van der Waals surface area contributed by atoms with Crippen molar-refractivity contribution in [2.45, 2.75) is 32.7 Å². The largest absolute Gasteiger partial charge is 0.393 e. The van der Waals surface area contributed by atoms with Crippen molar-refractivity contribution >= 4 is 5.78 Å². The summed E-state index contributed by atoms with van der Waals surface area (Å²) in [6.45, 7) is 2.50. The second-order valence-electron chi connectivity index (χ2n) is 4.99. The summed E-state index contributed by atoms with van der Waals surface area (Å²) in [5.41, 5.74) is 2.22. The Morgan fingerprint density at radius 1 is 1.37 bits per heavy atom. The molecule has 1 aromatic carbocycles. The van der Waals surface area contributed by atoms with E-state index in [0.29, 0.717) is 27.8 Å². The van der Waals surface area contributed by atoms with E-state index in [4.69, 9.17) is 5.11 Å². The number of hydrogen-bond acceptors (Lipinski definition) is 5. The van der Waals surface area contributed by atoms with Crippen LogP contribution in [0.15, 0.2) is 6.07 Å². The van der Waals surface area contributed by atoms with Gasteiger partial charge in [0, 0.05) is 11.5 Å². The fraction of sp³-hybridized carbons (Fsp3) is 0.500. The fourth-order valence-corrected chi connectivity index (χ4v) is 2.82. The molecule has 1 aliphatic rings. The highest BCUT2D eigenvalue weighted by molar-refractivity contribution is 6.04. The van der Waals surface area contributed by atoms with Gasteiger partial charge in [0.25, 0.3) is 0 Å². The Kier molecular flexibility index (Phi) is 3.73. The standard InChI is InChI=1S/C14H18O5/c1-6-11(10(17)5-16)8(4-15)3-9-12(6)14(19)7(2)13(9)18/h3,7,10,13,15-18H,4-5H2,1-2H3/t7-,10-,13-/m0/s1. The van der Waals surface area contributed by atoms with Gasteiger partial charge < -0.3 is 20.4 Å². The average Bonchev–Trinajstić information content (AvgIpc) is 2.62. The Balaban J connectivity index is 2.71. The maximum atomic E-state index is 12.1. The molecule has 104 valence electrons. The quantitative estimate of drug-likeness (QED) is 0.634. The first-order valence-electron chi connectivity index (χ1n) is 6.22. The number of Topliss-reactive ketones (excluding diaryl/α,β-unsaturated/α-hetero) is 1. The number of carbonyl (C=O) groups is 1. The summed E-state index contributed by atoms with van der Waals surface area (Å²) >= 11 is 0. The predicted octanol–water partition coefficient (Wildman–Crippen LogP) is 0.379. The van der Waals surface area contributed by atoms with E-state index >= 15 is 0 Å². The lowest BCUT2D eigenvalue weighted by Crippen LogP contribution is -2.13. The van der Waals surface area contributed by atoms with Crippen molar-refractivity contribution in [3.8, 4) is 0 Å². The zero-order chi connectivity index (χ0) is 14.3. The molecular weight excluding hydrogens is 248 g/mol. The number of hydrogen-bond donors (Lipinski definition) is 4. The first-order chi connectivity index (χ1) is 8.93. The summed E-state index contributed by atoms with van der Waals surface area (Å²) < 4.78 is 0. The summed E-state index contributed by atoms with van der Waals surface area (Å²) in [6, 6.07) is 1.54. The molecule has 0 radical (unpaired) electrons. The number of carbonyl (C=O) groups excluding carboxylic acids is 1. The molecule has 1 aromatic rings. The van der Waals surface area contributed by atoms with Gasteiger partial charge in [-0.25, -0.2) is 0 Å². The zero-order valence-corrected chi connectivity index (χ0v) is 10.9. The van der Waals surface area contributed by atoms with Gasteiger partial charge in [0.2, 0.25) is 0 Å². The molecule has 19 heavy (non-hydrogen) atoms. The van der Waals surface area contributed by atoms with Crippen molar-refractivity contribution in [1.29, 1.82) is 0 Å². The first kappa shape index (κ1) is 14.1. The van der Waals surface area contributed by atoms with Crippen LogP contribution in [-0.2, 0) is 6.61 Å². The molecule has 0 amide bonds. The summed E-state index contributed by atoms with van der Waals surface area (Å²) in [7, 11) is 0. The smallest absolute Gasteiger partial charge is 0.169 e. The molecule has 0 heterocycles. The minimum Gasteiger partial charge on any atom is -0.393 e. The molecule has 0 aliphatic heterocycles. The lowest BCUT2D eigenvalue weighted by atomic mass is 9.90. The average molecular weight is 266 g/mol. The van der Waals surface area contributed by atoms with E-state index < -0.39 is 24.7 Å². The topological polar surface area (TPSA) is 98.0 Å². The van der Waals surface area contributed by atoms with Crippen LogP contribution in [0.1, 0.15) is 51.7 Å². The second-order valence-corrected chi connectivity index (χ2v) is 4.99. The lowest BCUT2D eigenvalue weighted by Gasteiger charge is -2.19. The number of aliphatic hydroxyl groups is 4. The highest BCUT2D eigenvalue weighted by atomic mass is 16.3. The maximum absolute atomic E-state index is 12.1. The summed E-state index contributed by atoms with van der Waals surface area (Å²) in [6.07, 6.45) is -2.03. The molecule has 3 atom stereocenters. The molecule has 4 N–H and O–H groups in total. The van der Waals surface area contributed by atoms with Gasteiger partial charge in [-0.15, -0.1) is 0 Å². The second kappa shape index (κ2) is 5.02. The van der Waals surface area contributed by atoms with Gasteiger partial charge >= 0.3 is 0 Å². The Hall–Kier alpha value is -1.27. The van der Waals surface area contributed by atoms with Crippen LogP contribution >= 0.6 is 0 Å². The Bertz CT molecular complexity index is 523. The third-order valence-electron chi connectivity index (χ3n) is 3.87. The van der Waals surface area contributed by atoms with Gasteiger partial charge in [-0.1, -0.05) is 6.92 Å². The van der Waals surface area contributed by atoms with Crippen molar-refractivity contribution in [2.75, 3.05) is 6.61 Å². The SMILES string of the molecule is Cc1c2c(cc(CO)c1[C@@H](O)CO)[C@@H](O)[C@H](C)C2=O. The van der Waals surface area contributed by atoms with E-state index in [1.807, 2.05) is 0 Å². The third-order valence-corrected chi connectivity index (χ3v) is 3.87. The Morgan fingerprint density at radius 3 is 2.53 bits per heavy atom. The number of ketones is 1. The normalized spacial score (nSPS) is 23.6. The molecule has 0 aromatic heterocycles.